The van der Waals surface area contributed by atoms with E-state index in [9.17, 15) is 9.59 Å². The molecule has 8 nitrogen and oxygen atoms in total. The van der Waals surface area contributed by atoms with E-state index in [0.29, 0.717) is 16.3 Å². The maximum absolute atomic E-state index is 11.2. The lowest BCUT2D eigenvalue weighted by atomic mass is 10.3. The lowest BCUT2D eigenvalue weighted by Gasteiger charge is -2.11. The zero-order valence-corrected chi connectivity index (χ0v) is 10.2. The van der Waals surface area contributed by atoms with Gasteiger partial charge in [-0.05, 0) is 6.08 Å². The zero-order chi connectivity index (χ0) is 14.3. The summed E-state index contributed by atoms with van der Waals surface area (Å²) in [7, 11) is 0. The van der Waals surface area contributed by atoms with Crippen molar-refractivity contribution in [3.05, 3.63) is 28.0 Å². The first-order valence-corrected chi connectivity index (χ1v) is 5.67. The Bertz CT molecular complexity index is 827. The Morgan fingerprint density at radius 1 is 1.20 bits per heavy atom. The van der Waals surface area contributed by atoms with E-state index in [4.69, 9.17) is 11.5 Å². The average Bonchev–Trinajstić information content (AvgIpc) is 2.60. The SMILES string of the molecule is NC(=O)C1=Cn2nc3c(c2=CN=C1)=CN(C(N)=O)C=C3. The Kier molecular flexibility index (Phi) is 2.50. The second-order valence-electron chi connectivity index (χ2n) is 4.18. The van der Waals surface area contributed by atoms with Crippen LogP contribution in [0.3, 0.4) is 0 Å². The van der Waals surface area contributed by atoms with Gasteiger partial charge in [0, 0.05) is 30.0 Å². The van der Waals surface area contributed by atoms with Crippen LogP contribution in [0, 0.1) is 0 Å². The first-order chi connectivity index (χ1) is 9.56. The number of urea groups is 1. The van der Waals surface area contributed by atoms with Gasteiger partial charge in [0.05, 0.1) is 22.8 Å². The third kappa shape index (κ3) is 1.79. The molecule has 0 atom stereocenters. The van der Waals surface area contributed by atoms with Crippen molar-refractivity contribution in [2.24, 2.45) is 16.5 Å². The molecular formula is C12H10N6O2. The third-order valence-electron chi connectivity index (χ3n) is 2.89. The molecule has 0 aliphatic carbocycles. The van der Waals surface area contributed by atoms with Crippen LogP contribution in [0.4, 0.5) is 4.79 Å². The summed E-state index contributed by atoms with van der Waals surface area (Å²) >= 11 is 0. The van der Waals surface area contributed by atoms with Crippen LogP contribution < -0.4 is 22.0 Å². The predicted molar refractivity (Wildman–Crippen MR) is 72.8 cm³/mol. The number of rotatable bonds is 1. The van der Waals surface area contributed by atoms with Crippen molar-refractivity contribution in [1.82, 2.24) is 14.7 Å². The number of amides is 3. The molecule has 8 heteroatoms. The van der Waals surface area contributed by atoms with Gasteiger partial charge in [0.15, 0.2) is 0 Å². The molecule has 100 valence electrons. The normalized spacial score (nSPS) is 15.4. The highest BCUT2D eigenvalue weighted by Crippen LogP contribution is 2.03. The van der Waals surface area contributed by atoms with Crippen LogP contribution in [0.15, 0.2) is 16.8 Å². The van der Waals surface area contributed by atoms with Crippen LogP contribution in [0.1, 0.15) is 5.69 Å². The molecule has 0 spiro atoms. The highest BCUT2D eigenvalue weighted by Gasteiger charge is 2.14. The molecule has 1 aromatic heterocycles. The molecule has 0 fully saturated rings. The van der Waals surface area contributed by atoms with Gasteiger partial charge in [0.1, 0.15) is 0 Å². The third-order valence-corrected chi connectivity index (χ3v) is 2.89. The van der Waals surface area contributed by atoms with Gasteiger partial charge in [0.2, 0.25) is 0 Å². The van der Waals surface area contributed by atoms with E-state index >= 15 is 0 Å². The number of nitrogens with two attached hydrogens (primary N) is 2. The summed E-state index contributed by atoms with van der Waals surface area (Å²) in [5.74, 6) is -0.596. The minimum atomic E-state index is -0.600. The standard InChI is InChI=1S/C12H10N6O2/c13-11(19)7-3-15-4-10-8-6-17(12(14)20)2-1-9(8)16-18(10)5-7/h1-6H,(H2,13,19)(H2,14,20). The first-order valence-electron chi connectivity index (χ1n) is 5.67. The summed E-state index contributed by atoms with van der Waals surface area (Å²) in [6, 6.07) is -0.600. The van der Waals surface area contributed by atoms with Gasteiger partial charge in [-0.2, -0.15) is 5.10 Å². The maximum Gasteiger partial charge on any atom is 0.322 e. The first kappa shape index (κ1) is 11.9. The Morgan fingerprint density at radius 3 is 2.70 bits per heavy atom. The summed E-state index contributed by atoms with van der Waals surface area (Å²) < 4.78 is 1.49. The number of aliphatic imine (C=N–C) groups is 1. The molecule has 4 N–H and O–H groups in total. The van der Waals surface area contributed by atoms with Gasteiger partial charge in [-0.25, -0.2) is 9.48 Å². The Balaban J connectivity index is 2.25. The number of carbonyl (C=O) groups is 2. The van der Waals surface area contributed by atoms with Crippen molar-refractivity contribution in [2.45, 2.75) is 0 Å². The van der Waals surface area contributed by atoms with Crippen molar-refractivity contribution in [1.29, 1.82) is 0 Å². The van der Waals surface area contributed by atoms with Gasteiger partial charge in [-0.3, -0.25) is 14.7 Å². The summed E-state index contributed by atoms with van der Waals surface area (Å²) in [5, 5.41) is 5.62. The molecule has 3 rings (SSSR count). The Hall–Kier alpha value is -3.16. The lowest BCUT2D eigenvalue weighted by Crippen LogP contribution is -2.36. The average molecular weight is 270 g/mol. The fourth-order valence-electron chi connectivity index (χ4n) is 1.91. The molecule has 1 aromatic rings. The maximum atomic E-state index is 11.2. The van der Waals surface area contributed by atoms with Gasteiger partial charge < -0.3 is 11.5 Å². The number of hydrogen-bond donors (Lipinski definition) is 2. The van der Waals surface area contributed by atoms with E-state index in [2.05, 4.69) is 10.1 Å². The summed E-state index contributed by atoms with van der Waals surface area (Å²) in [6.45, 7) is 0. The minimum Gasteiger partial charge on any atom is -0.366 e. The fourth-order valence-corrected chi connectivity index (χ4v) is 1.91. The zero-order valence-electron chi connectivity index (χ0n) is 10.2. The van der Waals surface area contributed by atoms with Gasteiger partial charge in [-0.15, -0.1) is 0 Å². The highest BCUT2D eigenvalue weighted by molar-refractivity contribution is 6.14. The van der Waals surface area contributed by atoms with E-state index < -0.39 is 11.9 Å². The quantitative estimate of drug-likeness (QED) is 0.622. The Labute approximate surface area is 112 Å². The highest BCUT2D eigenvalue weighted by atomic mass is 16.2. The number of carbonyl (C=O) groups excluding carboxylic acids is 2. The van der Waals surface area contributed by atoms with E-state index in [1.807, 2.05) is 0 Å². The lowest BCUT2D eigenvalue weighted by molar-refractivity contribution is -0.114. The minimum absolute atomic E-state index is 0.232. The van der Waals surface area contributed by atoms with Crippen LogP contribution in [0.5, 0.6) is 0 Å². The van der Waals surface area contributed by atoms with E-state index in [-0.39, 0.29) is 5.57 Å². The van der Waals surface area contributed by atoms with Crippen molar-refractivity contribution >= 4 is 42.8 Å². The Morgan fingerprint density at radius 2 is 2.00 bits per heavy atom. The molecule has 3 amide bonds. The molecule has 20 heavy (non-hydrogen) atoms. The smallest absolute Gasteiger partial charge is 0.322 e. The van der Waals surface area contributed by atoms with Gasteiger partial charge in [0.25, 0.3) is 5.91 Å². The number of hydrogen-bond acceptors (Lipinski definition) is 4. The number of fused-ring (bicyclic) bond motifs is 3. The molecule has 2 aliphatic rings. The number of aromatic nitrogens is 2. The van der Waals surface area contributed by atoms with Crippen LogP contribution in [-0.2, 0) is 4.79 Å². The molecule has 0 unspecified atom stereocenters. The fraction of sp³-hybridized carbons (Fsp3) is 0. The second-order valence-corrected chi connectivity index (χ2v) is 4.18. The van der Waals surface area contributed by atoms with Gasteiger partial charge >= 0.3 is 6.03 Å². The van der Waals surface area contributed by atoms with Crippen LogP contribution in [-0.4, -0.2) is 32.8 Å². The summed E-state index contributed by atoms with van der Waals surface area (Å²) in [6.07, 6.45) is 9.10. The molecule has 2 aliphatic heterocycles. The monoisotopic (exact) mass is 270 g/mol. The predicted octanol–water partition coefficient (Wildman–Crippen LogP) is -1.87. The summed E-state index contributed by atoms with van der Waals surface area (Å²) in [5.41, 5.74) is 11.3. The molecule has 0 radical (unpaired) electrons. The molecule has 0 aromatic carbocycles. The van der Waals surface area contributed by atoms with Crippen LogP contribution >= 0.6 is 0 Å². The van der Waals surface area contributed by atoms with E-state index in [1.165, 1.54) is 34.4 Å². The van der Waals surface area contributed by atoms with E-state index in [0.717, 1.165) is 0 Å². The molecular weight excluding hydrogens is 260 g/mol. The van der Waals surface area contributed by atoms with Gasteiger partial charge in [-0.1, -0.05) is 0 Å². The molecule has 3 heterocycles. The van der Waals surface area contributed by atoms with E-state index in [1.54, 1.807) is 12.3 Å². The molecule has 0 bridgehead atoms. The van der Waals surface area contributed by atoms with Crippen molar-refractivity contribution < 1.29 is 9.59 Å². The largest absolute Gasteiger partial charge is 0.366 e. The van der Waals surface area contributed by atoms with Crippen molar-refractivity contribution in [3.63, 3.8) is 0 Å². The van der Waals surface area contributed by atoms with Crippen LogP contribution in [0.2, 0.25) is 0 Å². The second kappa shape index (κ2) is 4.19. The molecule has 0 saturated heterocycles. The van der Waals surface area contributed by atoms with Crippen molar-refractivity contribution in [3.8, 4) is 0 Å². The van der Waals surface area contributed by atoms with Crippen LogP contribution in [0.25, 0.3) is 24.7 Å². The number of primary amides is 2. The molecule has 0 saturated carbocycles. The topological polar surface area (TPSA) is 120 Å². The van der Waals surface area contributed by atoms with Crippen molar-refractivity contribution in [2.75, 3.05) is 0 Å². The number of nitrogens with zero attached hydrogens (tertiary/aromatic N) is 4. The summed E-state index contributed by atoms with van der Waals surface area (Å²) in [4.78, 5) is 27.7.